The lowest BCUT2D eigenvalue weighted by atomic mass is 10.1. The molecular weight excluding hydrogens is 410 g/mol. The van der Waals surface area contributed by atoms with Crippen LogP contribution in [0.4, 0.5) is 5.69 Å². The molecule has 0 spiro atoms. The molecule has 0 unspecified atom stereocenters. The highest BCUT2D eigenvalue weighted by Gasteiger charge is 2.21. The smallest absolute Gasteiger partial charge is 0.265 e. The Morgan fingerprint density at radius 3 is 2.66 bits per heavy atom. The molecular formula is C20H19N3O4S2. The summed E-state index contributed by atoms with van der Waals surface area (Å²) in [4.78, 5) is 5.51. The molecule has 29 heavy (non-hydrogen) atoms. The minimum absolute atomic E-state index is 0.00267. The third-order valence-corrected chi connectivity index (χ3v) is 6.82. The van der Waals surface area contributed by atoms with Crippen molar-refractivity contribution in [3.63, 3.8) is 0 Å². The van der Waals surface area contributed by atoms with Gasteiger partial charge >= 0.3 is 0 Å². The number of nitrogens with zero attached hydrogens (tertiary/aromatic N) is 2. The third-order valence-electron chi connectivity index (χ3n) is 4.46. The summed E-state index contributed by atoms with van der Waals surface area (Å²) in [6, 6.07) is 11.8. The Morgan fingerprint density at radius 2 is 1.93 bits per heavy atom. The third kappa shape index (κ3) is 3.66. The first kappa shape index (κ1) is 19.3. The molecule has 0 aliphatic heterocycles. The normalized spacial score (nSPS) is 11.6. The van der Waals surface area contributed by atoms with Crippen LogP contribution in [0, 0.1) is 6.92 Å². The van der Waals surface area contributed by atoms with Gasteiger partial charge < -0.3 is 9.47 Å². The molecule has 0 bridgehead atoms. The molecule has 2 aromatic heterocycles. The van der Waals surface area contributed by atoms with Crippen LogP contribution >= 0.6 is 11.3 Å². The number of anilines is 1. The van der Waals surface area contributed by atoms with Gasteiger partial charge in [0.1, 0.15) is 16.4 Å². The maximum Gasteiger partial charge on any atom is 0.265 e. The standard InChI is InChI=1S/C20H19N3O4S2/c1-13-12-28-20-21-17(11-23(13)20)14-5-4-6-15(9-14)22-29(24,25)19-10-16(26-2)7-8-18(19)27-3/h4-12,22H,1-3H3. The van der Waals surface area contributed by atoms with Crippen molar-refractivity contribution < 1.29 is 17.9 Å². The van der Waals surface area contributed by atoms with Gasteiger partial charge in [-0.3, -0.25) is 9.12 Å². The maximum absolute atomic E-state index is 13.0. The van der Waals surface area contributed by atoms with E-state index in [-0.39, 0.29) is 10.6 Å². The van der Waals surface area contributed by atoms with E-state index in [9.17, 15) is 8.42 Å². The maximum atomic E-state index is 13.0. The number of hydrogen-bond donors (Lipinski definition) is 1. The average Bonchev–Trinajstić information content (AvgIpc) is 3.29. The number of hydrogen-bond acceptors (Lipinski definition) is 6. The van der Waals surface area contributed by atoms with Crippen LogP contribution in [0.2, 0.25) is 0 Å². The van der Waals surface area contributed by atoms with E-state index in [1.165, 1.54) is 20.3 Å². The number of ether oxygens (including phenoxy) is 2. The number of imidazole rings is 1. The summed E-state index contributed by atoms with van der Waals surface area (Å²) in [7, 11) is -0.984. The van der Waals surface area contributed by atoms with Crippen molar-refractivity contribution in [2.24, 2.45) is 0 Å². The van der Waals surface area contributed by atoms with Gasteiger partial charge in [0.15, 0.2) is 4.96 Å². The fraction of sp³-hybridized carbons (Fsp3) is 0.150. The minimum Gasteiger partial charge on any atom is -0.497 e. The number of rotatable bonds is 6. The van der Waals surface area contributed by atoms with Gasteiger partial charge in [-0.2, -0.15) is 0 Å². The van der Waals surface area contributed by atoms with E-state index in [0.717, 1.165) is 21.9 Å². The van der Waals surface area contributed by atoms with Gasteiger partial charge in [-0.15, -0.1) is 11.3 Å². The Hall–Kier alpha value is -3.04. The molecule has 0 aliphatic carbocycles. The Labute approximate surface area is 172 Å². The highest BCUT2D eigenvalue weighted by Crippen LogP contribution is 2.31. The molecule has 150 valence electrons. The molecule has 0 atom stereocenters. The van der Waals surface area contributed by atoms with Crippen LogP contribution in [-0.4, -0.2) is 32.0 Å². The van der Waals surface area contributed by atoms with Crippen LogP contribution in [0.3, 0.4) is 0 Å². The molecule has 7 nitrogen and oxygen atoms in total. The average molecular weight is 430 g/mol. The van der Waals surface area contributed by atoms with Crippen LogP contribution < -0.4 is 14.2 Å². The lowest BCUT2D eigenvalue weighted by Crippen LogP contribution is -2.14. The van der Waals surface area contributed by atoms with Gasteiger partial charge in [0, 0.05) is 34.6 Å². The van der Waals surface area contributed by atoms with Crippen LogP contribution in [0.1, 0.15) is 5.69 Å². The molecule has 0 radical (unpaired) electrons. The number of aromatic nitrogens is 2. The largest absolute Gasteiger partial charge is 0.497 e. The van der Waals surface area contributed by atoms with E-state index in [4.69, 9.17) is 9.47 Å². The monoisotopic (exact) mass is 429 g/mol. The molecule has 2 heterocycles. The van der Waals surface area contributed by atoms with Gasteiger partial charge in [0.05, 0.1) is 19.9 Å². The van der Waals surface area contributed by atoms with Crippen molar-refractivity contribution in [1.82, 2.24) is 9.38 Å². The van der Waals surface area contributed by atoms with Crippen molar-refractivity contribution in [3.05, 3.63) is 59.7 Å². The summed E-state index contributed by atoms with van der Waals surface area (Å²) in [5, 5.41) is 2.04. The number of fused-ring (bicyclic) bond motifs is 1. The Kier molecular flexibility index (Phi) is 4.93. The summed E-state index contributed by atoms with van der Waals surface area (Å²) < 4.78 is 40.9. The topological polar surface area (TPSA) is 81.9 Å². The number of methoxy groups -OCH3 is 2. The van der Waals surface area contributed by atoms with E-state index in [1.807, 2.05) is 29.0 Å². The van der Waals surface area contributed by atoms with E-state index >= 15 is 0 Å². The molecule has 1 N–H and O–H groups in total. The van der Waals surface area contributed by atoms with Crippen molar-refractivity contribution >= 4 is 32.0 Å². The molecule has 4 rings (SSSR count). The molecule has 0 saturated carbocycles. The van der Waals surface area contributed by atoms with E-state index in [0.29, 0.717) is 11.4 Å². The van der Waals surface area contributed by atoms with Gasteiger partial charge in [0.2, 0.25) is 0 Å². The van der Waals surface area contributed by atoms with Gasteiger partial charge in [-0.25, -0.2) is 13.4 Å². The zero-order valence-corrected chi connectivity index (χ0v) is 17.7. The molecule has 9 heteroatoms. The zero-order chi connectivity index (χ0) is 20.6. The van der Waals surface area contributed by atoms with Crippen LogP contribution in [0.25, 0.3) is 16.2 Å². The zero-order valence-electron chi connectivity index (χ0n) is 16.0. The second-order valence-electron chi connectivity index (χ2n) is 6.36. The lowest BCUT2D eigenvalue weighted by Gasteiger charge is -2.13. The van der Waals surface area contributed by atoms with Crippen molar-refractivity contribution in [1.29, 1.82) is 0 Å². The Morgan fingerprint density at radius 1 is 1.10 bits per heavy atom. The highest BCUT2D eigenvalue weighted by atomic mass is 32.2. The van der Waals surface area contributed by atoms with Gasteiger partial charge in [-0.1, -0.05) is 12.1 Å². The molecule has 2 aromatic carbocycles. The first-order valence-corrected chi connectivity index (χ1v) is 11.1. The number of benzene rings is 2. The number of thiazole rings is 1. The Bertz CT molecular complexity index is 1290. The fourth-order valence-electron chi connectivity index (χ4n) is 2.98. The van der Waals surface area contributed by atoms with Gasteiger partial charge in [0.25, 0.3) is 10.0 Å². The molecule has 0 aliphatic rings. The fourth-order valence-corrected chi connectivity index (χ4v) is 5.06. The SMILES string of the molecule is COc1ccc(OC)c(S(=O)(=O)Nc2cccc(-c3cn4c(C)csc4n3)c2)c1. The quantitative estimate of drug-likeness (QED) is 0.497. The van der Waals surface area contributed by atoms with Crippen molar-refractivity contribution in [2.75, 3.05) is 18.9 Å². The first-order chi connectivity index (χ1) is 13.9. The van der Waals surface area contributed by atoms with Crippen molar-refractivity contribution in [2.45, 2.75) is 11.8 Å². The predicted molar refractivity (Wildman–Crippen MR) is 114 cm³/mol. The highest BCUT2D eigenvalue weighted by molar-refractivity contribution is 7.92. The molecule has 0 saturated heterocycles. The lowest BCUT2D eigenvalue weighted by molar-refractivity contribution is 0.392. The summed E-state index contributed by atoms with van der Waals surface area (Å²) in [6.07, 6.45) is 1.94. The van der Waals surface area contributed by atoms with Crippen LogP contribution in [0.5, 0.6) is 11.5 Å². The summed E-state index contributed by atoms with van der Waals surface area (Å²) in [5.74, 6) is 0.660. The van der Waals surface area contributed by atoms with E-state index < -0.39 is 10.0 Å². The summed E-state index contributed by atoms with van der Waals surface area (Å²) in [6.45, 7) is 2.01. The van der Waals surface area contributed by atoms with Crippen LogP contribution in [0.15, 0.2) is 58.9 Å². The molecule has 0 fully saturated rings. The predicted octanol–water partition coefficient (Wildman–Crippen LogP) is 4.19. The number of sulfonamides is 1. The van der Waals surface area contributed by atoms with Crippen LogP contribution in [-0.2, 0) is 10.0 Å². The van der Waals surface area contributed by atoms with E-state index in [1.54, 1.807) is 41.7 Å². The molecule has 0 amide bonds. The first-order valence-electron chi connectivity index (χ1n) is 8.70. The molecule has 4 aromatic rings. The minimum atomic E-state index is -3.89. The Balaban J connectivity index is 1.68. The van der Waals surface area contributed by atoms with Gasteiger partial charge in [-0.05, 0) is 31.2 Å². The number of nitrogens with one attached hydrogen (secondary N) is 1. The summed E-state index contributed by atoms with van der Waals surface area (Å²) in [5.41, 5.74) is 3.13. The van der Waals surface area contributed by atoms with E-state index in [2.05, 4.69) is 9.71 Å². The number of aryl methyl sites for hydroxylation is 1. The second-order valence-corrected chi connectivity index (χ2v) is 8.85. The second kappa shape index (κ2) is 7.41. The summed E-state index contributed by atoms with van der Waals surface area (Å²) >= 11 is 1.56. The van der Waals surface area contributed by atoms with Crippen molar-refractivity contribution in [3.8, 4) is 22.8 Å².